The van der Waals surface area contributed by atoms with E-state index in [0.717, 1.165) is 43.8 Å². The van der Waals surface area contributed by atoms with E-state index >= 15 is 0 Å². The van der Waals surface area contributed by atoms with Gasteiger partial charge in [0.15, 0.2) is 0 Å². The van der Waals surface area contributed by atoms with Gasteiger partial charge in [-0.25, -0.2) is 0 Å². The van der Waals surface area contributed by atoms with E-state index in [1.165, 1.54) is 0 Å². The van der Waals surface area contributed by atoms with Crippen LogP contribution in [0.2, 0.25) is 0 Å². The van der Waals surface area contributed by atoms with E-state index < -0.39 is 0 Å². The molecule has 1 aliphatic heterocycles. The van der Waals surface area contributed by atoms with Gasteiger partial charge in [0.05, 0.1) is 13.2 Å². The molecule has 0 radical (unpaired) electrons. The molecule has 3 heteroatoms. The zero-order valence-electron chi connectivity index (χ0n) is 11.8. The third-order valence-electron chi connectivity index (χ3n) is 3.67. The van der Waals surface area contributed by atoms with E-state index in [2.05, 4.69) is 23.1 Å². The lowest BCUT2D eigenvalue weighted by atomic mass is 10.1. The summed E-state index contributed by atoms with van der Waals surface area (Å²) < 4.78 is 10.7. The highest BCUT2D eigenvalue weighted by molar-refractivity contribution is 5.57. The summed E-state index contributed by atoms with van der Waals surface area (Å²) >= 11 is 0. The molecule has 0 saturated carbocycles. The van der Waals surface area contributed by atoms with Crippen molar-refractivity contribution in [3.63, 3.8) is 0 Å². The van der Waals surface area contributed by atoms with Gasteiger partial charge >= 0.3 is 0 Å². The molecule has 1 heterocycles. The van der Waals surface area contributed by atoms with Gasteiger partial charge in [0.2, 0.25) is 0 Å². The zero-order chi connectivity index (χ0) is 13.5. The number of piperidine rings is 1. The summed E-state index contributed by atoms with van der Waals surface area (Å²) in [5.74, 6) is 0.928. The second-order valence-electron chi connectivity index (χ2n) is 4.88. The van der Waals surface area contributed by atoms with Crippen LogP contribution in [0, 0.1) is 0 Å². The third-order valence-corrected chi connectivity index (χ3v) is 3.67. The lowest BCUT2D eigenvalue weighted by molar-refractivity contribution is 0.0445. The van der Waals surface area contributed by atoms with Crippen LogP contribution in [0.25, 0.3) is 6.08 Å². The van der Waals surface area contributed by atoms with E-state index in [4.69, 9.17) is 9.47 Å². The van der Waals surface area contributed by atoms with Gasteiger partial charge in [-0.3, -0.25) is 4.90 Å². The Morgan fingerprint density at radius 2 is 1.95 bits per heavy atom. The first-order chi connectivity index (χ1) is 9.33. The lowest BCUT2D eigenvalue weighted by Crippen LogP contribution is -2.36. The standard InChI is InChI=1S/C16H23NO2/c1-18-15-9-12-17(13-10-15)11-5-7-14-6-3-4-8-16(14)19-2/h3-8,15H,9-13H2,1-2H3/b7-5+. The van der Waals surface area contributed by atoms with Gasteiger partial charge < -0.3 is 9.47 Å². The summed E-state index contributed by atoms with van der Waals surface area (Å²) in [6.45, 7) is 3.23. The molecule has 3 nitrogen and oxygen atoms in total. The molecule has 1 aromatic carbocycles. The smallest absolute Gasteiger partial charge is 0.126 e. The van der Waals surface area contributed by atoms with Crippen LogP contribution in [0.4, 0.5) is 0 Å². The molecule has 0 unspecified atom stereocenters. The molecule has 0 aliphatic carbocycles. The number of nitrogens with zero attached hydrogens (tertiary/aromatic N) is 1. The van der Waals surface area contributed by atoms with Gasteiger partial charge in [-0.2, -0.15) is 0 Å². The lowest BCUT2D eigenvalue weighted by Gasteiger charge is -2.30. The second kappa shape index (κ2) is 7.31. The Balaban J connectivity index is 1.83. The Hall–Kier alpha value is -1.32. The molecule has 0 amide bonds. The summed E-state index contributed by atoms with van der Waals surface area (Å²) in [7, 11) is 3.52. The summed E-state index contributed by atoms with van der Waals surface area (Å²) in [6.07, 6.45) is 7.08. The fourth-order valence-corrected chi connectivity index (χ4v) is 2.46. The molecule has 1 aliphatic rings. The normalized spacial score (nSPS) is 18.0. The molecular weight excluding hydrogens is 238 g/mol. The number of ether oxygens (including phenoxy) is 2. The number of hydrogen-bond acceptors (Lipinski definition) is 3. The summed E-state index contributed by atoms with van der Waals surface area (Å²) in [6, 6.07) is 8.09. The van der Waals surface area contributed by atoms with Crippen molar-refractivity contribution in [3.05, 3.63) is 35.9 Å². The first-order valence-electron chi connectivity index (χ1n) is 6.88. The molecule has 0 spiro atoms. The molecule has 0 aromatic heterocycles. The zero-order valence-corrected chi connectivity index (χ0v) is 11.8. The first kappa shape index (κ1) is 14.1. The highest BCUT2D eigenvalue weighted by Gasteiger charge is 2.17. The van der Waals surface area contributed by atoms with Gasteiger partial charge in [-0.15, -0.1) is 0 Å². The van der Waals surface area contributed by atoms with E-state index in [0.29, 0.717) is 6.10 Å². The van der Waals surface area contributed by atoms with Crippen molar-refractivity contribution in [1.82, 2.24) is 4.90 Å². The van der Waals surface area contributed by atoms with Crippen LogP contribution >= 0.6 is 0 Å². The van der Waals surface area contributed by atoms with Crippen molar-refractivity contribution >= 4 is 6.08 Å². The highest BCUT2D eigenvalue weighted by Crippen LogP contribution is 2.19. The number of methoxy groups -OCH3 is 2. The molecule has 104 valence electrons. The summed E-state index contributed by atoms with van der Waals surface area (Å²) in [4.78, 5) is 2.46. The molecule has 2 rings (SSSR count). The maximum Gasteiger partial charge on any atom is 0.126 e. The Morgan fingerprint density at radius 3 is 2.63 bits per heavy atom. The first-order valence-corrected chi connectivity index (χ1v) is 6.88. The quantitative estimate of drug-likeness (QED) is 0.813. The van der Waals surface area contributed by atoms with Crippen LogP contribution in [0.3, 0.4) is 0 Å². The number of rotatable bonds is 5. The topological polar surface area (TPSA) is 21.7 Å². The van der Waals surface area contributed by atoms with Gasteiger partial charge in [-0.1, -0.05) is 30.4 Å². The Kier molecular flexibility index (Phi) is 5.43. The van der Waals surface area contributed by atoms with Gasteiger partial charge in [0, 0.05) is 32.3 Å². The molecule has 0 atom stereocenters. The van der Waals surface area contributed by atoms with Crippen molar-refractivity contribution < 1.29 is 9.47 Å². The number of hydrogen-bond donors (Lipinski definition) is 0. The minimum Gasteiger partial charge on any atom is -0.496 e. The number of likely N-dealkylation sites (tertiary alicyclic amines) is 1. The van der Waals surface area contributed by atoms with Crippen LogP contribution in [-0.4, -0.2) is 44.9 Å². The molecule has 1 fully saturated rings. The molecule has 0 N–H and O–H groups in total. The predicted octanol–water partition coefficient (Wildman–Crippen LogP) is 2.82. The van der Waals surface area contributed by atoms with Crippen LogP contribution in [-0.2, 0) is 4.74 Å². The van der Waals surface area contributed by atoms with Crippen molar-refractivity contribution in [2.75, 3.05) is 33.9 Å². The minimum atomic E-state index is 0.453. The Bertz CT molecular complexity index is 409. The summed E-state index contributed by atoms with van der Waals surface area (Å²) in [5, 5.41) is 0. The maximum atomic E-state index is 5.38. The van der Waals surface area contributed by atoms with E-state index in [9.17, 15) is 0 Å². The molecule has 1 saturated heterocycles. The van der Waals surface area contributed by atoms with Crippen LogP contribution in [0.1, 0.15) is 18.4 Å². The van der Waals surface area contributed by atoms with Crippen molar-refractivity contribution in [2.45, 2.75) is 18.9 Å². The number of para-hydroxylation sites is 1. The minimum absolute atomic E-state index is 0.453. The van der Waals surface area contributed by atoms with Gasteiger partial charge in [0.25, 0.3) is 0 Å². The van der Waals surface area contributed by atoms with Crippen LogP contribution < -0.4 is 4.74 Å². The largest absolute Gasteiger partial charge is 0.496 e. The van der Waals surface area contributed by atoms with E-state index in [1.807, 2.05) is 25.3 Å². The fraction of sp³-hybridized carbons (Fsp3) is 0.500. The van der Waals surface area contributed by atoms with Crippen LogP contribution in [0.5, 0.6) is 5.75 Å². The Morgan fingerprint density at radius 1 is 1.21 bits per heavy atom. The average Bonchev–Trinajstić information content (AvgIpc) is 2.48. The molecule has 1 aromatic rings. The van der Waals surface area contributed by atoms with Crippen molar-refractivity contribution in [1.29, 1.82) is 0 Å². The molecule has 19 heavy (non-hydrogen) atoms. The third kappa shape index (κ3) is 4.08. The molecular formula is C16H23NO2. The predicted molar refractivity (Wildman–Crippen MR) is 78.5 cm³/mol. The Labute approximate surface area is 115 Å². The monoisotopic (exact) mass is 261 g/mol. The van der Waals surface area contributed by atoms with Crippen molar-refractivity contribution in [2.24, 2.45) is 0 Å². The fourth-order valence-electron chi connectivity index (χ4n) is 2.46. The highest BCUT2D eigenvalue weighted by atomic mass is 16.5. The average molecular weight is 261 g/mol. The maximum absolute atomic E-state index is 5.38. The van der Waals surface area contributed by atoms with Gasteiger partial charge in [0.1, 0.15) is 5.75 Å². The SMILES string of the molecule is COc1ccccc1/C=C/CN1CCC(OC)CC1. The number of benzene rings is 1. The van der Waals surface area contributed by atoms with E-state index in [1.54, 1.807) is 7.11 Å². The van der Waals surface area contributed by atoms with E-state index in [-0.39, 0.29) is 0 Å². The van der Waals surface area contributed by atoms with Crippen molar-refractivity contribution in [3.8, 4) is 5.75 Å². The summed E-state index contributed by atoms with van der Waals surface area (Å²) in [5.41, 5.74) is 1.14. The van der Waals surface area contributed by atoms with Crippen LogP contribution in [0.15, 0.2) is 30.3 Å². The van der Waals surface area contributed by atoms with Gasteiger partial charge in [-0.05, 0) is 18.9 Å². The molecule has 0 bridgehead atoms. The second-order valence-corrected chi connectivity index (χ2v) is 4.88.